The molecule has 140 valence electrons. The van der Waals surface area contributed by atoms with Crippen molar-refractivity contribution >= 4 is 21.8 Å². The lowest BCUT2D eigenvalue weighted by molar-refractivity contribution is -0.114. The van der Waals surface area contributed by atoms with Crippen molar-refractivity contribution < 1.29 is 18.7 Å². The largest absolute Gasteiger partial charge is 0.467 e. The fraction of sp³-hybridized carbons (Fsp3) is 0.263. The highest BCUT2D eigenvalue weighted by Crippen LogP contribution is 2.43. The Labute approximate surface area is 164 Å². The lowest BCUT2D eigenvalue weighted by Crippen LogP contribution is -2.37. The Morgan fingerprint density at radius 1 is 1.26 bits per heavy atom. The Morgan fingerprint density at radius 3 is 2.63 bits per heavy atom. The number of nitrogens with zero attached hydrogens (tertiary/aromatic N) is 2. The van der Waals surface area contributed by atoms with Gasteiger partial charge < -0.3 is 18.8 Å². The molecule has 0 radical (unpaired) electrons. The van der Waals surface area contributed by atoms with Crippen LogP contribution in [0.5, 0.6) is 0 Å². The zero-order valence-corrected chi connectivity index (χ0v) is 16.4. The lowest BCUT2D eigenvalue weighted by atomic mass is 10.0. The number of ether oxygens (including phenoxy) is 2. The van der Waals surface area contributed by atoms with E-state index in [1.54, 1.807) is 31.4 Å². The predicted molar refractivity (Wildman–Crippen MR) is 101 cm³/mol. The van der Waals surface area contributed by atoms with E-state index in [1.165, 1.54) is 0 Å². The van der Waals surface area contributed by atoms with Crippen LogP contribution in [-0.2, 0) is 9.47 Å². The summed E-state index contributed by atoms with van der Waals surface area (Å²) in [6, 6.07) is 11.1. The highest BCUT2D eigenvalue weighted by Gasteiger charge is 2.44. The van der Waals surface area contributed by atoms with E-state index in [0.29, 0.717) is 11.5 Å². The Morgan fingerprint density at radius 2 is 2.00 bits per heavy atom. The van der Waals surface area contributed by atoms with Crippen molar-refractivity contribution in [2.45, 2.75) is 12.3 Å². The molecule has 0 saturated carbocycles. The molecule has 1 aromatic carbocycles. The van der Waals surface area contributed by atoms with Crippen molar-refractivity contribution in [3.8, 4) is 11.3 Å². The molecular weight excluding hydrogens is 414 g/mol. The highest BCUT2D eigenvalue weighted by molar-refractivity contribution is 9.10. The number of methoxy groups -OCH3 is 2. The molecule has 1 unspecified atom stereocenters. The zero-order chi connectivity index (χ0) is 19.0. The second kappa shape index (κ2) is 7.30. The average Bonchev–Trinajstić information content (AvgIpc) is 3.39. The monoisotopic (exact) mass is 431 g/mol. The number of nitrogens with one attached hydrogen (secondary N) is 1. The molecule has 27 heavy (non-hydrogen) atoms. The van der Waals surface area contributed by atoms with Crippen LogP contribution in [0.3, 0.4) is 0 Å². The normalized spacial score (nSPS) is 16.4. The van der Waals surface area contributed by atoms with Gasteiger partial charge in [0.2, 0.25) is 0 Å². The maximum atomic E-state index is 13.1. The number of carbonyl (C=O) groups is 1. The molecule has 3 heterocycles. The van der Waals surface area contributed by atoms with Gasteiger partial charge in [0.15, 0.2) is 6.29 Å². The highest BCUT2D eigenvalue weighted by atomic mass is 79.9. The Kier molecular flexibility index (Phi) is 4.86. The first-order chi connectivity index (χ1) is 13.1. The first-order valence-corrected chi connectivity index (χ1v) is 9.17. The van der Waals surface area contributed by atoms with E-state index in [4.69, 9.17) is 13.9 Å². The topological polar surface area (TPSA) is 80.6 Å². The third kappa shape index (κ3) is 3.09. The van der Waals surface area contributed by atoms with Gasteiger partial charge in [0.25, 0.3) is 5.91 Å². The van der Waals surface area contributed by atoms with E-state index < -0.39 is 12.3 Å². The molecule has 0 spiro atoms. The third-order valence-corrected chi connectivity index (χ3v) is 5.19. The Hall–Kier alpha value is -2.42. The van der Waals surface area contributed by atoms with Gasteiger partial charge in [-0.05, 0) is 24.3 Å². The van der Waals surface area contributed by atoms with Gasteiger partial charge in [0.1, 0.15) is 17.5 Å². The summed E-state index contributed by atoms with van der Waals surface area (Å²) in [5, 5.41) is 7.31. The molecule has 1 N–H and O–H groups in total. The number of fused-ring (bicyclic) bond motifs is 1. The van der Waals surface area contributed by atoms with Gasteiger partial charge in [-0.2, -0.15) is 5.10 Å². The maximum Gasteiger partial charge on any atom is 0.273 e. The summed E-state index contributed by atoms with van der Waals surface area (Å²) in [5.41, 5.74) is 2.89. The molecule has 0 bridgehead atoms. The number of halogens is 1. The van der Waals surface area contributed by atoms with Crippen LogP contribution in [0.4, 0.5) is 0 Å². The van der Waals surface area contributed by atoms with Crippen molar-refractivity contribution in [2.75, 3.05) is 20.8 Å². The number of H-pyrrole nitrogens is 1. The molecule has 1 atom stereocenters. The number of hydrogen-bond donors (Lipinski definition) is 1. The minimum Gasteiger partial charge on any atom is -0.467 e. The van der Waals surface area contributed by atoms with E-state index in [-0.39, 0.29) is 12.5 Å². The van der Waals surface area contributed by atoms with Crippen molar-refractivity contribution in [2.24, 2.45) is 0 Å². The van der Waals surface area contributed by atoms with Gasteiger partial charge in [0, 0.05) is 29.8 Å². The number of hydrogen-bond acceptors (Lipinski definition) is 5. The molecule has 0 saturated heterocycles. The second-order valence-corrected chi connectivity index (χ2v) is 7.06. The van der Waals surface area contributed by atoms with Crippen LogP contribution in [0.2, 0.25) is 0 Å². The second-order valence-electron chi connectivity index (χ2n) is 6.14. The van der Waals surface area contributed by atoms with Crippen LogP contribution in [0, 0.1) is 0 Å². The van der Waals surface area contributed by atoms with Gasteiger partial charge in [0.05, 0.1) is 18.5 Å². The average molecular weight is 432 g/mol. The van der Waals surface area contributed by atoms with Gasteiger partial charge in [-0.1, -0.05) is 28.1 Å². The quantitative estimate of drug-likeness (QED) is 0.603. The summed E-state index contributed by atoms with van der Waals surface area (Å²) in [4.78, 5) is 14.7. The minimum atomic E-state index is -0.542. The number of benzene rings is 1. The molecule has 3 aromatic rings. The number of amides is 1. The molecule has 8 heteroatoms. The summed E-state index contributed by atoms with van der Waals surface area (Å²) in [7, 11) is 3.09. The fourth-order valence-corrected chi connectivity index (χ4v) is 3.63. The van der Waals surface area contributed by atoms with Gasteiger partial charge in [-0.15, -0.1) is 0 Å². The zero-order valence-electron chi connectivity index (χ0n) is 14.8. The summed E-state index contributed by atoms with van der Waals surface area (Å²) >= 11 is 3.44. The fourth-order valence-electron chi connectivity index (χ4n) is 3.36. The van der Waals surface area contributed by atoms with Gasteiger partial charge >= 0.3 is 0 Å². The van der Waals surface area contributed by atoms with Crippen molar-refractivity contribution in [1.82, 2.24) is 15.1 Å². The standard InChI is InChI=1S/C19H18BrN3O4/c1-25-14(26-2)10-23-18(13-4-3-9-27-13)15-16(21-22-17(15)19(23)24)11-5-7-12(20)8-6-11/h3-9,14,18H,10H2,1-2H3,(H,21,22). The molecule has 0 fully saturated rings. The van der Waals surface area contributed by atoms with Gasteiger partial charge in [-0.25, -0.2) is 0 Å². The molecule has 0 aliphatic carbocycles. The molecule has 4 rings (SSSR count). The van der Waals surface area contributed by atoms with Crippen LogP contribution in [0.15, 0.2) is 51.6 Å². The van der Waals surface area contributed by atoms with E-state index in [2.05, 4.69) is 26.1 Å². The van der Waals surface area contributed by atoms with Crippen LogP contribution in [0.25, 0.3) is 11.3 Å². The van der Waals surface area contributed by atoms with Crippen LogP contribution in [-0.4, -0.2) is 48.1 Å². The molecule has 1 aliphatic heterocycles. The number of carbonyl (C=O) groups excluding carboxylic acids is 1. The molecule has 2 aromatic heterocycles. The van der Waals surface area contributed by atoms with Crippen LogP contribution in [0.1, 0.15) is 27.9 Å². The first-order valence-electron chi connectivity index (χ1n) is 8.38. The SMILES string of the molecule is COC(CN1C(=O)c2[nH]nc(-c3ccc(Br)cc3)c2C1c1ccco1)OC. The summed E-state index contributed by atoms with van der Waals surface area (Å²) < 4.78 is 17.2. The Bertz CT molecular complexity index is 933. The van der Waals surface area contributed by atoms with E-state index in [1.807, 2.05) is 30.3 Å². The van der Waals surface area contributed by atoms with Gasteiger partial charge in [-0.3, -0.25) is 9.89 Å². The summed E-state index contributed by atoms with van der Waals surface area (Å²) in [6.45, 7) is 0.263. The van der Waals surface area contributed by atoms with Crippen molar-refractivity contribution in [3.05, 3.63) is 64.2 Å². The van der Waals surface area contributed by atoms with E-state index in [0.717, 1.165) is 21.3 Å². The predicted octanol–water partition coefficient (Wildman–Crippen LogP) is 3.60. The van der Waals surface area contributed by atoms with Crippen molar-refractivity contribution in [1.29, 1.82) is 0 Å². The molecule has 7 nitrogen and oxygen atoms in total. The van der Waals surface area contributed by atoms with E-state index in [9.17, 15) is 4.79 Å². The first kappa shape index (κ1) is 18.0. The number of rotatable bonds is 6. The molecular formula is C19H18BrN3O4. The summed E-state index contributed by atoms with van der Waals surface area (Å²) in [6.07, 6.45) is 1.05. The van der Waals surface area contributed by atoms with Crippen LogP contribution >= 0.6 is 15.9 Å². The smallest absolute Gasteiger partial charge is 0.273 e. The Balaban J connectivity index is 1.81. The van der Waals surface area contributed by atoms with E-state index >= 15 is 0 Å². The number of furan rings is 1. The van der Waals surface area contributed by atoms with Crippen LogP contribution < -0.4 is 0 Å². The number of aromatic amines is 1. The molecule has 1 amide bonds. The lowest BCUT2D eigenvalue weighted by Gasteiger charge is -2.27. The minimum absolute atomic E-state index is 0.165. The van der Waals surface area contributed by atoms with Crippen molar-refractivity contribution in [3.63, 3.8) is 0 Å². The number of aromatic nitrogens is 2. The summed E-state index contributed by atoms with van der Waals surface area (Å²) in [5.74, 6) is 0.495. The maximum absolute atomic E-state index is 13.1. The third-order valence-electron chi connectivity index (χ3n) is 4.67. The molecule has 1 aliphatic rings.